The summed E-state index contributed by atoms with van der Waals surface area (Å²) in [6.07, 6.45) is 1.08. The van der Waals surface area contributed by atoms with Crippen LogP contribution in [-0.2, 0) is 11.8 Å². The van der Waals surface area contributed by atoms with Gasteiger partial charge in [0.1, 0.15) is 0 Å². The molecule has 0 aliphatic rings. The molecular formula is C24H29N. The lowest BCUT2D eigenvalue weighted by Crippen LogP contribution is -2.11. The van der Waals surface area contributed by atoms with E-state index in [1.165, 1.54) is 27.6 Å². The zero-order valence-corrected chi connectivity index (χ0v) is 16.4. The van der Waals surface area contributed by atoms with Crippen LogP contribution in [-0.4, -0.2) is 4.98 Å². The van der Waals surface area contributed by atoms with Crippen molar-refractivity contribution < 1.29 is 0 Å². The smallest absolute Gasteiger partial charge is 0.0712 e. The van der Waals surface area contributed by atoms with Gasteiger partial charge < -0.3 is 0 Å². The summed E-state index contributed by atoms with van der Waals surface area (Å²) >= 11 is 0. The first-order chi connectivity index (χ1) is 11.7. The van der Waals surface area contributed by atoms with Crippen molar-refractivity contribution >= 4 is 10.9 Å². The van der Waals surface area contributed by atoms with Gasteiger partial charge in [0.25, 0.3) is 0 Å². The van der Waals surface area contributed by atoms with Crippen LogP contribution < -0.4 is 0 Å². The van der Waals surface area contributed by atoms with E-state index in [2.05, 4.69) is 90.1 Å². The van der Waals surface area contributed by atoms with Crippen molar-refractivity contribution in [3.8, 4) is 11.3 Å². The molecule has 0 amide bonds. The number of hydrogen-bond donors (Lipinski definition) is 0. The van der Waals surface area contributed by atoms with E-state index in [1.807, 2.05) is 0 Å². The summed E-state index contributed by atoms with van der Waals surface area (Å²) in [5.41, 5.74) is 7.59. The van der Waals surface area contributed by atoms with Gasteiger partial charge >= 0.3 is 0 Å². The maximum absolute atomic E-state index is 4.98. The van der Waals surface area contributed by atoms with E-state index in [0.717, 1.165) is 17.6 Å². The lowest BCUT2D eigenvalue weighted by atomic mass is 9.84. The van der Waals surface area contributed by atoms with Crippen LogP contribution in [0.3, 0.4) is 0 Å². The Morgan fingerprint density at radius 2 is 1.68 bits per heavy atom. The largest absolute Gasteiger partial charge is 0.248 e. The SMILES string of the molecule is Cc1cc(-c2cc(CC(C)C)c3ccccc3n2)cc(C(C)(C)C)c1. The third kappa shape index (κ3) is 3.92. The highest BCUT2D eigenvalue weighted by Gasteiger charge is 2.16. The van der Waals surface area contributed by atoms with Crippen molar-refractivity contribution in [1.29, 1.82) is 0 Å². The molecule has 0 fully saturated rings. The maximum atomic E-state index is 4.98. The molecule has 1 nitrogen and oxygen atoms in total. The number of benzene rings is 2. The normalized spacial score (nSPS) is 12.1. The predicted molar refractivity (Wildman–Crippen MR) is 109 cm³/mol. The molecule has 0 unspecified atom stereocenters. The highest BCUT2D eigenvalue weighted by molar-refractivity contribution is 5.85. The van der Waals surface area contributed by atoms with E-state index in [-0.39, 0.29) is 5.41 Å². The van der Waals surface area contributed by atoms with Crippen LogP contribution in [0.15, 0.2) is 48.5 Å². The fourth-order valence-corrected chi connectivity index (χ4v) is 3.37. The Kier molecular flexibility index (Phi) is 4.69. The monoisotopic (exact) mass is 331 g/mol. The first-order valence-corrected chi connectivity index (χ1v) is 9.25. The lowest BCUT2D eigenvalue weighted by molar-refractivity contribution is 0.590. The van der Waals surface area contributed by atoms with Crippen molar-refractivity contribution in [2.75, 3.05) is 0 Å². The molecule has 0 radical (unpaired) electrons. The van der Waals surface area contributed by atoms with E-state index in [4.69, 9.17) is 4.98 Å². The molecule has 1 aromatic heterocycles. The van der Waals surface area contributed by atoms with E-state index >= 15 is 0 Å². The zero-order valence-electron chi connectivity index (χ0n) is 16.4. The molecule has 25 heavy (non-hydrogen) atoms. The number of aryl methyl sites for hydroxylation is 1. The van der Waals surface area contributed by atoms with Crippen LogP contribution in [0.4, 0.5) is 0 Å². The van der Waals surface area contributed by atoms with Crippen LogP contribution in [0.5, 0.6) is 0 Å². The Balaban J connectivity index is 2.21. The molecule has 1 heteroatoms. The van der Waals surface area contributed by atoms with Gasteiger partial charge in [0.15, 0.2) is 0 Å². The van der Waals surface area contributed by atoms with Crippen molar-refractivity contribution in [2.45, 2.75) is 53.4 Å². The van der Waals surface area contributed by atoms with E-state index < -0.39 is 0 Å². The van der Waals surface area contributed by atoms with Crippen LogP contribution in [0.1, 0.15) is 51.3 Å². The Bertz CT molecular complexity index is 898. The molecule has 3 aromatic rings. The molecule has 0 bridgehead atoms. The highest BCUT2D eigenvalue weighted by atomic mass is 14.7. The first kappa shape index (κ1) is 17.7. The summed E-state index contributed by atoms with van der Waals surface area (Å²) in [4.78, 5) is 4.98. The van der Waals surface area contributed by atoms with Crippen molar-refractivity contribution in [1.82, 2.24) is 4.98 Å². The summed E-state index contributed by atoms with van der Waals surface area (Å²) in [5.74, 6) is 0.626. The van der Waals surface area contributed by atoms with Crippen molar-refractivity contribution in [2.24, 2.45) is 5.92 Å². The van der Waals surface area contributed by atoms with Gasteiger partial charge in [0.2, 0.25) is 0 Å². The Morgan fingerprint density at radius 1 is 0.960 bits per heavy atom. The lowest BCUT2D eigenvalue weighted by Gasteiger charge is -2.21. The standard InChI is InChI=1S/C24H29N/c1-16(2)11-18-15-23(25-22-10-8-7-9-21(18)22)19-12-17(3)13-20(14-19)24(4,5)6/h7-10,12-16H,11H2,1-6H3. The van der Waals surface area contributed by atoms with Crippen molar-refractivity contribution in [3.63, 3.8) is 0 Å². The molecular weight excluding hydrogens is 302 g/mol. The molecule has 0 aliphatic heterocycles. The van der Waals surface area contributed by atoms with Gasteiger partial charge in [0.05, 0.1) is 11.2 Å². The van der Waals surface area contributed by atoms with Crippen LogP contribution in [0, 0.1) is 12.8 Å². The quantitative estimate of drug-likeness (QED) is 0.520. The van der Waals surface area contributed by atoms with Crippen molar-refractivity contribution in [3.05, 3.63) is 65.2 Å². The minimum atomic E-state index is 0.137. The zero-order chi connectivity index (χ0) is 18.2. The first-order valence-electron chi connectivity index (χ1n) is 9.25. The van der Waals surface area contributed by atoms with Crippen LogP contribution in [0.25, 0.3) is 22.2 Å². The second-order valence-corrected chi connectivity index (χ2v) is 8.62. The number of hydrogen-bond acceptors (Lipinski definition) is 1. The molecule has 2 aromatic carbocycles. The summed E-state index contributed by atoms with van der Waals surface area (Å²) in [7, 11) is 0. The second kappa shape index (κ2) is 6.63. The van der Waals surface area contributed by atoms with Gasteiger partial charge in [0, 0.05) is 10.9 Å². The van der Waals surface area contributed by atoms with Gasteiger partial charge in [-0.15, -0.1) is 0 Å². The predicted octanol–water partition coefficient (Wildman–Crippen LogP) is 6.71. The van der Waals surface area contributed by atoms with Gasteiger partial charge in [-0.1, -0.05) is 64.4 Å². The summed E-state index contributed by atoms with van der Waals surface area (Å²) in [6.45, 7) is 13.5. The Hall–Kier alpha value is -2.15. The molecule has 0 spiro atoms. The number of rotatable bonds is 3. The highest BCUT2D eigenvalue weighted by Crippen LogP contribution is 2.31. The summed E-state index contributed by atoms with van der Waals surface area (Å²) < 4.78 is 0. The molecule has 0 saturated heterocycles. The average Bonchev–Trinajstić information content (AvgIpc) is 2.53. The number of pyridine rings is 1. The number of para-hydroxylation sites is 1. The van der Waals surface area contributed by atoms with Gasteiger partial charge in [-0.3, -0.25) is 0 Å². The van der Waals surface area contributed by atoms with Crippen LogP contribution in [0.2, 0.25) is 0 Å². The molecule has 130 valence electrons. The molecule has 0 N–H and O–H groups in total. The van der Waals surface area contributed by atoms with Gasteiger partial charge in [-0.05, 0) is 60.1 Å². The minimum absolute atomic E-state index is 0.137. The third-order valence-corrected chi connectivity index (χ3v) is 4.67. The molecule has 0 saturated carbocycles. The van der Waals surface area contributed by atoms with E-state index in [1.54, 1.807) is 0 Å². The molecule has 0 atom stereocenters. The fraction of sp³-hybridized carbons (Fsp3) is 0.375. The average molecular weight is 332 g/mol. The Labute approximate surface area is 152 Å². The van der Waals surface area contributed by atoms with E-state index in [0.29, 0.717) is 5.92 Å². The maximum Gasteiger partial charge on any atom is 0.0712 e. The molecule has 3 rings (SSSR count). The molecule has 0 aliphatic carbocycles. The fourth-order valence-electron chi connectivity index (χ4n) is 3.37. The number of fused-ring (bicyclic) bond motifs is 1. The van der Waals surface area contributed by atoms with Crippen LogP contribution >= 0.6 is 0 Å². The summed E-state index contributed by atoms with van der Waals surface area (Å²) in [6, 6.07) is 17.7. The Morgan fingerprint density at radius 3 is 2.36 bits per heavy atom. The van der Waals surface area contributed by atoms with Gasteiger partial charge in [-0.2, -0.15) is 0 Å². The third-order valence-electron chi connectivity index (χ3n) is 4.67. The minimum Gasteiger partial charge on any atom is -0.248 e. The second-order valence-electron chi connectivity index (χ2n) is 8.62. The number of aromatic nitrogens is 1. The topological polar surface area (TPSA) is 12.9 Å². The molecule has 1 heterocycles. The summed E-state index contributed by atoms with van der Waals surface area (Å²) in [5, 5.41) is 1.28. The van der Waals surface area contributed by atoms with E-state index in [9.17, 15) is 0 Å². The number of nitrogens with zero attached hydrogens (tertiary/aromatic N) is 1. The van der Waals surface area contributed by atoms with Gasteiger partial charge in [-0.25, -0.2) is 4.98 Å².